The summed E-state index contributed by atoms with van der Waals surface area (Å²) in [5.74, 6) is 0.268. The zero-order valence-electron chi connectivity index (χ0n) is 21.9. The molecule has 0 bridgehead atoms. The third-order valence-corrected chi connectivity index (χ3v) is 8.84. The molecule has 5 heterocycles. The zero-order valence-corrected chi connectivity index (χ0v) is 22.7. The van der Waals surface area contributed by atoms with Crippen molar-refractivity contribution in [3.63, 3.8) is 0 Å². The van der Waals surface area contributed by atoms with Crippen molar-refractivity contribution in [2.24, 2.45) is 11.3 Å². The Kier molecular flexibility index (Phi) is 6.37. The number of hydrogen-bond donors (Lipinski definition) is 0. The number of aryl methyl sites for hydroxylation is 2. The predicted molar refractivity (Wildman–Crippen MR) is 142 cm³/mol. The molecule has 5 rings (SSSR count). The zero-order chi connectivity index (χ0) is 25.8. The van der Waals surface area contributed by atoms with Gasteiger partial charge in [0.1, 0.15) is 17.5 Å². The molecular weight excluding hydrogens is 472 g/mol. The number of fused-ring (bicyclic) bond motifs is 1. The summed E-state index contributed by atoms with van der Waals surface area (Å²) in [6.07, 6.45) is 4.06. The predicted octanol–water partition coefficient (Wildman–Crippen LogP) is 4.98. The second-order valence-electron chi connectivity index (χ2n) is 10.9. The molecule has 36 heavy (non-hydrogen) atoms. The Hall–Kier alpha value is -2.84. The van der Waals surface area contributed by atoms with Crippen LogP contribution >= 0.6 is 11.3 Å². The van der Waals surface area contributed by atoms with Crippen LogP contribution in [0.4, 0.5) is 0 Å². The normalized spacial score (nSPS) is 22.6. The molecule has 7 nitrogen and oxygen atoms in total. The number of hydrogen-bond acceptors (Lipinski definition) is 7. The first-order valence-electron chi connectivity index (χ1n) is 12.6. The lowest BCUT2D eigenvalue weighted by atomic mass is 9.82. The van der Waals surface area contributed by atoms with Crippen LogP contribution in [0.2, 0.25) is 0 Å². The number of piperidine rings is 1. The lowest BCUT2D eigenvalue weighted by Gasteiger charge is -2.31. The second kappa shape index (κ2) is 9.23. The van der Waals surface area contributed by atoms with Crippen LogP contribution in [-0.4, -0.2) is 57.8 Å². The summed E-state index contributed by atoms with van der Waals surface area (Å²) in [5, 5.41) is 0. The van der Waals surface area contributed by atoms with Gasteiger partial charge in [0.15, 0.2) is 0 Å². The fourth-order valence-corrected chi connectivity index (χ4v) is 6.39. The molecule has 8 heteroatoms. The van der Waals surface area contributed by atoms with E-state index in [1.807, 2.05) is 39.8 Å². The molecule has 2 saturated heterocycles. The minimum atomic E-state index is -0.681. The molecule has 3 aromatic rings. The minimum Gasteiger partial charge on any atom is -0.487 e. The first-order valence-corrected chi connectivity index (χ1v) is 13.4. The van der Waals surface area contributed by atoms with Crippen molar-refractivity contribution in [3.8, 4) is 17.0 Å². The molecule has 2 amide bonds. The van der Waals surface area contributed by atoms with Gasteiger partial charge in [-0.05, 0) is 64.0 Å². The largest absolute Gasteiger partial charge is 0.487 e. The van der Waals surface area contributed by atoms with Crippen LogP contribution in [0.5, 0.6) is 5.75 Å². The van der Waals surface area contributed by atoms with E-state index >= 15 is 0 Å². The molecular formula is C28H34N4O3S. The van der Waals surface area contributed by atoms with Gasteiger partial charge in [-0.2, -0.15) is 0 Å². The molecule has 2 fully saturated rings. The van der Waals surface area contributed by atoms with Gasteiger partial charge in [-0.25, -0.2) is 4.98 Å². The summed E-state index contributed by atoms with van der Waals surface area (Å²) in [6.45, 7) is 11.9. The van der Waals surface area contributed by atoms with Crippen LogP contribution in [-0.2, 0) is 16.1 Å². The number of likely N-dealkylation sites (N-methyl/N-ethyl adjacent to an activating group) is 1. The van der Waals surface area contributed by atoms with Crippen LogP contribution in [0.3, 0.4) is 0 Å². The molecule has 2 atom stereocenters. The molecule has 0 saturated carbocycles. The highest BCUT2D eigenvalue weighted by molar-refractivity contribution is 7.19. The van der Waals surface area contributed by atoms with Gasteiger partial charge in [0.2, 0.25) is 11.8 Å². The van der Waals surface area contributed by atoms with Crippen molar-refractivity contribution in [3.05, 3.63) is 40.5 Å². The lowest BCUT2D eigenvalue weighted by Crippen LogP contribution is -2.38. The highest BCUT2D eigenvalue weighted by Crippen LogP contribution is 2.42. The molecule has 0 spiro atoms. The van der Waals surface area contributed by atoms with Gasteiger partial charge in [-0.15, -0.1) is 11.3 Å². The number of carbonyl (C=O) groups is 2. The lowest BCUT2D eigenvalue weighted by molar-refractivity contribution is -0.141. The van der Waals surface area contributed by atoms with Crippen molar-refractivity contribution in [1.29, 1.82) is 0 Å². The monoisotopic (exact) mass is 506 g/mol. The molecule has 3 aromatic heterocycles. The fraction of sp³-hybridized carbons (Fsp3) is 0.500. The van der Waals surface area contributed by atoms with Gasteiger partial charge in [-0.3, -0.25) is 19.5 Å². The molecule has 2 aliphatic heterocycles. The number of carbonyl (C=O) groups excluding carboxylic acids is 2. The Morgan fingerprint density at radius 3 is 2.69 bits per heavy atom. The molecule has 0 N–H and O–H groups in total. The molecule has 0 aromatic carbocycles. The van der Waals surface area contributed by atoms with Crippen molar-refractivity contribution in [2.75, 3.05) is 20.1 Å². The van der Waals surface area contributed by atoms with Crippen LogP contribution in [0.25, 0.3) is 21.5 Å². The van der Waals surface area contributed by atoms with E-state index in [9.17, 15) is 9.59 Å². The summed E-state index contributed by atoms with van der Waals surface area (Å²) in [6, 6.07) is 6.04. The third-order valence-electron chi connectivity index (χ3n) is 7.70. The maximum absolute atomic E-state index is 13.0. The number of ether oxygens (including phenoxy) is 1. The van der Waals surface area contributed by atoms with Crippen LogP contribution < -0.4 is 4.74 Å². The number of pyridine rings is 2. The smallest absolute Gasteiger partial charge is 0.235 e. The molecule has 0 aliphatic carbocycles. The van der Waals surface area contributed by atoms with E-state index in [1.54, 1.807) is 17.5 Å². The molecule has 0 radical (unpaired) electrons. The van der Waals surface area contributed by atoms with Crippen LogP contribution in [0.1, 0.15) is 49.7 Å². The van der Waals surface area contributed by atoms with E-state index in [1.165, 1.54) is 4.90 Å². The van der Waals surface area contributed by atoms with Crippen LogP contribution in [0.15, 0.2) is 24.4 Å². The van der Waals surface area contributed by atoms with Gasteiger partial charge < -0.3 is 9.64 Å². The first-order chi connectivity index (χ1) is 17.1. The van der Waals surface area contributed by atoms with Crippen molar-refractivity contribution in [2.45, 2.75) is 60.1 Å². The van der Waals surface area contributed by atoms with Crippen molar-refractivity contribution in [1.82, 2.24) is 19.8 Å². The molecule has 2 aliphatic rings. The topological polar surface area (TPSA) is 75.6 Å². The highest BCUT2D eigenvalue weighted by atomic mass is 32.1. The number of likely N-dealkylation sites (tertiary alicyclic amines) is 2. The summed E-state index contributed by atoms with van der Waals surface area (Å²) >= 11 is 1.57. The number of nitrogens with zero attached hydrogens (tertiary/aromatic N) is 4. The molecule has 1 unspecified atom stereocenters. The van der Waals surface area contributed by atoms with Crippen molar-refractivity contribution >= 4 is 33.4 Å². The third kappa shape index (κ3) is 4.30. The second-order valence-corrected chi connectivity index (χ2v) is 12.0. The molecule has 190 valence electrons. The van der Waals surface area contributed by atoms with E-state index < -0.39 is 5.41 Å². The van der Waals surface area contributed by atoms with E-state index in [0.29, 0.717) is 0 Å². The van der Waals surface area contributed by atoms with Gasteiger partial charge in [0.25, 0.3) is 0 Å². The standard InChI is InChI=1S/C28H34N4O3S/c1-16-12-17(2)30-23(24(16)35-19-8-7-11-31(6)14-19)21-9-10-29-22-13-20(36-25(21)22)15-32-26(33)18(3)28(4,5)27(32)34/h9-10,12-13,18-19H,7-8,11,14-15H2,1-6H3/t18?,19-/m0/s1. The maximum atomic E-state index is 13.0. The number of amides is 2. The summed E-state index contributed by atoms with van der Waals surface area (Å²) in [4.78, 5) is 39.9. The first kappa shape index (κ1) is 24.8. The SMILES string of the molecule is Cc1cc(C)c(O[C@H]2CCCN(C)C2)c(-c2ccnc3cc(CN4C(=O)C(C)C(C)(C)C4=O)sc23)n1. The Balaban J connectivity index is 1.52. The summed E-state index contributed by atoms with van der Waals surface area (Å²) in [7, 11) is 2.13. The Labute approximate surface area is 216 Å². The number of imide groups is 1. The van der Waals surface area contributed by atoms with Crippen molar-refractivity contribution < 1.29 is 14.3 Å². The summed E-state index contributed by atoms with van der Waals surface area (Å²) < 4.78 is 7.59. The van der Waals surface area contributed by atoms with E-state index in [2.05, 4.69) is 29.9 Å². The average Bonchev–Trinajstić information content (AvgIpc) is 3.30. The van der Waals surface area contributed by atoms with Gasteiger partial charge in [-0.1, -0.05) is 20.8 Å². The number of thiophene rings is 1. The Bertz CT molecular complexity index is 1350. The average molecular weight is 507 g/mol. The maximum Gasteiger partial charge on any atom is 0.235 e. The van der Waals surface area contributed by atoms with Gasteiger partial charge in [0, 0.05) is 34.8 Å². The number of aromatic nitrogens is 2. The summed E-state index contributed by atoms with van der Waals surface area (Å²) in [5.41, 5.74) is 3.95. The van der Waals surface area contributed by atoms with Gasteiger partial charge >= 0.3 is 0 Å². The Morgan fingerprint density at radius 2 is 2.00 bits per heavy atom. The quantitative estimate of drug-likeness (QED) is 0.455. The minimum absolute atomic E-state index is 0.111. The number of rotatable bonds is 5. The van der Waals surface area contributed by atoms with Crippen LogP contribution in [0, 0.1) is 25.2 Å². The highest BCUT2D eigenvalue weighted by Gasteiger charge is 2.51. The fourth-order valence-electron chi connectivity index (χ4n) is 5.27. The Morgan fingerprint density at radius 1 is 1.22 bits per heavy atom. The van der Waals surface area contributed by atoms with Gasteiger partial charge in [0.05, 0.1) is 22.2 Å². The van der Waals surface area contributed by atoms with E-state index in [4.69, 9.17) is 9.72 Å². The van der Waals surface area contributed by atoms with E-state index in [0.717, 1.165) is 69.3 Å². The van der Waals surface area contributed by atoms with E-state index in [-0.39, 0.29) is 30.4 Å².